The first-order valence-corrected chi connectivity index (χ1v) is 10.5. The molecule has 0 aliphatic rings. The standard InChI is InChI=1S/C28H26N2O/c31-26(21-22-13-5-1-6-14-22)29-28(25-19-11-4-12-20-25)30-27(23-15-7-2-8-16-23)24-17-9-3-10-18-24/h1-20,27-28,30H,21H2,(H,29,31). The van der Waals surface area contributed by atoms with Crippen LogP contribution < -0.4 is 10.6 Å². The lowest BCUT2D eigenvalue weighted by Gasteiger charge is -2.28. The molecule has 0 saturated heterocycles. The Morgan fingerprint density at radius 2 is 1.00 bits per heavy atom. The van der Waals surface area contributed by atoms with Crippen LogP contribution in [-0.2, 0) is 11.2 Å². The van der Waals surface area contributed by atoms with E-state index in [1.54, 1.807) is 0 Å². The molecule has 0 heterocycles. The minimum atomic E-state index is -0.331. The van der Waals surface area contributed by atoms with Crippen LogP contribution in [0.2, 0.25) is 0 Å². The Morgan fingerprint density at radius 1 is 0.581 bits per heavy atom. The zero-order valence-electron chi connectivity index (χ0n) is 17.3. The fourth-order valence-corrected chi connectivity index (χ4v) is 3.70. The van der Waals surface area contributed by atoms with Gasteiger partial charge in [-0.15, -0.1) is 0 Å². The lowest BCUT2D eigenvalue weighted by molar-refractivity contribution is -0.121. The van der Waals surface area contributed by atoms with E-state index in [9.17, 15) is 4.79 Å². The Kier molecular flexibility index (Phi) is 6.89. The molecule has 2 N–H and O–H groups in total. The first-order chi connectivity index (χ1) is 15.3. The van der Waals surface area contributed by atoms with Gasteiger partial charge >= 0.3 is 0 Å². The van der Waals surface area contributed by atoms with Crippen molar-refractivity contribution in [3.8, 4) is 0 Å². The van der Waals surface area contributed by atoms with Gasteiger partial charge in [-0.25, -0.2) is 0 Å². The van der Waals surface area contributed by atoms with Crippen LogP contribution in [0.3, 0.4) is 0 Å². The number of nitrogens with one attached hydrogen (secondary N) is 2. The van der Waals surface area contributed by atoms with Gasteiger partial charge in [0, 0.05) is 0 Å². The van der Waals surface area contributed by atoms with E-state index in [4.69, 9.17) is 0 Å². The monoisotopic (exact) mass is 406 g/mol. The van der Waals surface area contributed by atoms with Gasteiger partial charge < -0.3 is 5.32 Å². The molecule has 4 rings (SSSR count). The maximum Gasteiger partial charge on any atom is 0.225 e. The van der Waals surface area contributed by atoms with Gasteiger partial charge in [-0.2, -0.15) is 0 Å². The minimum absolute atomic E-state index is 0.0209. The highest BCUT2D eigenvalue weighted by atomic mass is 16.1. The van der Waals surface area contributed by atoms with Crippen LogP contribution >= 0.6 is 0 Å². The summed E-state index contributed by atoms with van der Waals surface area (Å²) in [6.07, 6.45) is 0.00975. The smallest absolute Gasteiger partial charge is 0.225 e. The maximum absolute atomic E-state index is 12.9. The van der Waals surface area contributed by atoms with Crippen molar-refractivity contribution in [3.63, 3.8) is 0 Å². The molecule has 0 fully saturated rings. The van der Waals surface area contributed by atoms with Crippen LogP contribution in [0.25, 0.3) is 0 Å². The molecule has 154 valence electrons. The highest BCUT2D eigenvalue weighted by Gasteiger charge is 2.21. The van der Waals surface area contributed by atoms with E-state index in [2.05, 4.69) is 34.9 Å². The molecule has 0 aliphatic carbocycles. The average molecular weight is 407 g/mol. The third-order valence-electron chi connectivity index (χ3n) is 5.24. The van der Waals surface area contributed by atoms with E-state index < -0.39 is 0 Å². The molecule has 1 unspecified atom stereocenters. The quantitative estimate of drug-likeness (QED) is 0.384. The van der Waals surface area contributed by atoms with Gasteiger partial charge in [0.2, 0.25) is 5.91 Å². The predicted octanol–water partition coefficient (Wildman–Crippen LogP) is 5.42. The summed E-state index contributed by atoms with van der Waals surface area (Å²) in [6, 6.07) is 40.4. The van der Waals surface area contributed by atoms with Crippen molar-refractivity contribution in [3.05, 3.63) is 144 Å². The van der Waals surface area contributed by atoms with E-state index in [0.29, 0.717) is 6.42 Å². The Labute approximate surface area is 183 Å². The molecule has 3 nitrogen and oxygen atoms in total. The average Bonchev–Trinajstić information content (AvgIpc) is 2.84. The Hall–Kier alpha value is -3.69. The molecule has 31 heavy (non-hydrogen) atoms. The molecule has 4 aromatic carbocycles. The molecule has 1 atom stereocenters. The molecule has 0 aromatic heterocycles. The van der Waals surface area contributed by atoms with Gasteiger partial charge in [-0.3, -0.25) is 10.1 Å². The van der Waals surface area contributed by atoms with Crippen molar-refractivity contribution < 1.29 is 4.79 Å². The summed E-state index contributed by atoms with van der Waals surface area (Å²) in [5.74, 6) is -0.0209. The van der Waals surface area contributed by atoms with Crippen LogP contribution in [0.15, 0.2) is 121 Å². The van der Waals surface area contributed by atoms with E-state index in [1.807, 2.05) is 97.1 Å². The second-order valence-electron chi connectivity index (χ2n) is 7.49. The number of hydrogen-bond donors (Lipinski definition) is 2. The number of carbonyl (C=O) groups excluding carboxylic acids is 1. The fourth-order valence-electron chi connectivity index (χ4n) is 3.70. The second kappa shape index (κ2) is 10.4. The molecule has 4 aromatic rings. The summed E-state index contributed by atoms with van der Waals surface area (Å²) in [4.78, 5) is 12.9. The van der Waals surface area contributed by atoms with Gasteiger partial charge in [0.15, 0.2) is 0 Å². The summed E-state index contributed by atoms with van der Waals surface area (Å²) in [7, 11) is 0. The number of amides is 1. The molecular weight excluding hydrogens is 380 g/mol. The first kappa shape index (κ1) is 20.6. The van der Waals surface area contributed by atoms with Gasteiger partial charge in [0.05, 0.1) is 12.5 Å². The summed E-state index contributed by atoms with van der Waals surface area (Å²) in [5.41, 5.74) is 4.30. The highest BCUT2D eigenvalue weighted by Crippen LogP contribution is 2.25. The van der Waals surface area contributed by atoms with Gasteiger partial charge in [0.25, 0.3) is 0 Å². The summed E-state index contributed by atoms with van der Waals surface area (Å²) in [5, 5.41) is 6.89. The third kappa shape index (κ3) is 5.68. The molecule has 0 bridgehead atoms. The number of benzene rings is 4. The van der Waals surface area contributed by atoms with Gasteiger partial charge in [-0.1, -0.05) is 121 Å². The topological polar surface area (TPSA) is 41.1 Å². The number of hydrogen-bond acceptors (Lipinski definition) is 2. The van der Waals surface area contributed by atoms with Gasteiger partial charge in [-0.05, 0) is 22.3 Å². The van der Waals surface area contributed by atoms with Gasteiger partial charge in [0.1, 0.15) is 6.17 Å². The van der Waals surface area contributed by atoms with E-state index in [1.165, 1.54) is 0 Å². The third-order valence-corrected chi connectivity index (χ3v) is 5.24. The maximum atomic E-state index is 12.9. The van der Waals surface area contributed by atoms with Crippen molar-refractivity contribution in [2.45, 2.75) is 18.6 Å². The molecule has 1 amide bonds. The van der Waals surface area contributed by atoms with E-state index >= 15 is 0 Å². The zero-order valence-corrected chi connectivity index (χ0v) is 17.3. The lowest BCUT2D eigenvalue weighted by atomic mass is 9.97. The Balaban J connectivity index is 1.61. The molecule has 0 radical (unpaired) electrons. The van der Waals surface area contributed by atoms with Crippen molar-refractivity contribution >= 4 is 5.91 Å². The predicted molar refractivity (Wildman–Crippen MR) is 125 cm³/mol. The minimum Gasteiger partial charge on any atom is -0.336 e. The van der Waals surface area contributed by atoms with E-state index in [0.717, 1.165) is 22.3 Å². The van der Waals surface area contributed by atoms with Crippen molar-refractivity contribution in [1.82, 2.24) is 10.6 Å². The van der Waals surface area contributed by atoms with E-state index in [-0.39, 0.29) is 18.1 Å². The summed E-state index contributed by atoms with van der Waals surface area (Å²) < 4.78 is 0. The lowest BCUT2D eigenvalue weighted by Crippen LogP contribution is -2.40. The zero-order chi connectivity index (χ0) is 21.3. The number of carbonyl (C=O) groups is 1. The van der Waals surface area contributed by atoms with Crippen LogP contribution in [0, 0.1) is 0 Å². The highest BCUT2D eigenvalue weighted by molar-refractivity contribution is 5.79. The van der Waals surface area contributed by atoms with Crippen LogP contribution in [-0.4, -0.2) is 5.91 Å². The normalized spacial score (nSPS) is 11.8. The Morgan fingerprint density at radius 3 is 1.48 bits per heavy atom. The number of rotatable bonds is 8. The van der Waals surface area contributed by atoms with Crippen LogP contribution in [0.1, 0.15) is 34.5 Å². The molecule has 0 aliphatic heterocycles. The second-order valence-corrected chi connectivity index (χ2v) is 7.49. The molecule has 0 spiro atoms. The fraction of sp³-hybridized carbons (Fsp3) is 0.107. The van der Waals surface area contributed by atoms with Crippen molar-refractivity contribution in [2.75, 3.05) is 0 Å². The molecule has 3 heteroatoms. The summed E-state index contributed by atoms with van der Waals surface area (Å²) in [6.45, 7) is 0. The summed E-state index contributed by atoms with van der Waals surface area (Å²) >= 11 is 0. The first-order valence-electron chi connectivity index (χ1n) is 10.5. The Bertz CT molecular complexity index is 1030. The largest absolute Gasteiger partial charge is 0.336 e. The SMILES string of the molecule is O=C(Cc1ccccc1)NC(NC(c1ccccc1)c1ccccc1)c1ccccc1. The molecular formula is C28H26N2O. The van der Waals surface area contributed by atoms with Crippen LogP contribution in [0.5, 0.6) is 0 Å². The van der Waals surface area contributed by atoms with Crippen molar-refractivity contribution in [2.24, 2.45) is 0 Å². The van der Waals surface area contributed by atoms with Crippen molar-refractivity contribution in [1.29, 1.82) is 0 Å². The van der Waals surface area contributed by atoms with Crippen LogP contribution in [0.4, 0.5) is 0 Å². The molecule has 0 saturated carbocycles.